The summed E-state index contributed by atoms with van der Waals surface area (Å²) in [6, 6.07) is 8.83. The zero-order valence-electron chi connectivity index (χ0n) is 10.7. The Balaban J connectivity index is 1.76. The minimum atomic E-state index is -0.951. The lowest BCUT2D eigenvalue weighted by Gasteiger charge is -2.08. The van der Waals surface area contributed by atoms with Gasteiger partial charge in [0.1, 0.15) is 5.82 Å². The zero-order valence-corrected chi connectivity index (χ0v) is 10.7. The summed E-state index contributed by atoms with van der Waals surface area (Å²) in [5.74, 6) is 0.269. The summed E-state index contributed by atoms with van der Waals surface area (Å²) in [4.78, 5) is 19.4. The number of hydrogen-bond donors (Lipinski definition) is 3. The molecule has 102 valence electrons. The SMILES string of the molecule is O=C(O)c1cccc(Nc2ccnc(NC3CC3)n2)c1. The maximum absolute atomic E-state index is 10.9. The second-order valence-electron chi connectivity index (χ2n) is 4.70. The van der Waals surface area contributed by atoms with Crippen molar-refractivity contribution >= 4 is 23.4 Å². The van der Waals surface area contributed by atoms with E-state index in [-0.39, 0.29) is 5.56 Å². The van der Waals surface area contributed by atoms with Gasteiger partial charge in [0, 0.05) is 17.9 Å². The van der Waals surface area contributed by atoms with E-state index in [2.05, 4.69) is 20.6 Å². The van der Waals surface area contributed by atoms with Crippen molar-refractivity contribution in [2.45, 2.75) is 18.9 Å². The van der Waals surface area contributed by atoms with E-state index in [1.54, 1.807) is 36.5 Å². The molecule has 3 N–H and O–H groups in total. The standard InChI is InChI=1S/C14H14N4O2/c19-13(20)9-2-1-3-11(8-9)16-12-6-7-15-14(18-12)17-10-4-5-10/h1-3,6-8,10H,4-5H2,(H,19,20)(H2,15,16,17,18). The number of aromatic nitrogens is 2. The van der Waals surface area contributed by atoms with Crippen LogP contribution in [0.2, 0.25) is 0 Å². The van der Waals surface area contributed by atoms with Gasteiger partial charge in [0.15, 0.2) is 0 Å². The van der Waals surface area contributed by atoms with Gasteiger partial charge in [-0.05, 0) is 37.1 Å². The number of hydrogen-bond acceptors (Lipinski definition) is 5. The number of rotatable bonds is 5. The number of nitrogens with one attached hydrogen (secondary N) is 2. The largest absolute Gasteiger partial charge is 0.478 e. The van der Waals surface area contributed by atoms with Crippen LogP contribution in [0.25, 0.3) is 0 Å². The molecule has 1 heterocycles. The topological polar surface area (TPSA) is 87.1 Å². The highest BCUT2D eigenvalue weighted by molar-refractivity contribution is 5.89. The number of carboxylic acids is 1. The normalized spacial score (nSPS) is 13.8. The van der Waals surface area contributed by atoms with Gasteiger partial charge in [0.05, 0.1) is 5.56 Å². The quantitative estimate of drug-likeness (QED) is 0.773. The number of nitrogens with zero attached hydrogens (tertiary/aromatic N) is 2. The van der Waals surface area contributed by atoms with Crippen LogP contribution < -0.4 is 10.6 Å². The van der Waals surface area contributed by atoms with Gasteiger partial charge in [-0.3, -0.25) is 0 Å². The first-order chi connectivity index (χ1) is 9.70. The average molecular weight is 270 g/mol. The molecule has 1 fully saturated rings. The van der Waals surface area contributed by atoms with Crippen LogP contribution in [0.15, 0.2) is 36.5 Å². The third kappa shape index (κ3) is 3.03. The van der Waals surface area contributed by atoms with Gasteiger partial charge in [0.25, 0.3) is 0 Å². The van der Waals surface area contributed by atoms with Gasteiger partial charge in [-0.1, -0.05) is 6.07 Å². The van der Waals surface area contributed by atoms with E-state index < -0.39 is 5.97 Å². The van der Waals surface area contributed by atoms with E-state index in [1.807, 2.05) is 0 Å². The Kier molecular flexibility index (Phi) is 3.20. The van der Waals surface area contributed by atoms with Crippen LogP contribution in [0.5, 0.6) is 0 Å². The highest BCUT2D eigenvalue weighted by atomic mass is 16.4. The zero-order chi connectivity index (χ0) is 13.9. The van der Waals surface area contributed by atoms with Crippen molar-refractivity contribution in [3.05, 3.63) is 42.1 Å². The molecule has 0 unspecified atom stereocenters. The van der Waals surface area contributed by atoms with Gasteiger partial charge in [-0.2, -0.15) is 4.98 Å². The summed E-state index contributed by atoms with van der Waals surface area (Å²) >= 11 is 0. The second kappa shape index (κ2) is 5.16. The first-order valence-electron chi connectivity index (χ1n) is 6.41. The van der Waals surface area contributed by atoms with Gasteiger partial charge < -0.3 is 15.7 Å². The molecule has 20 heavy (non-hydrogen) atoms. The Morgan fingerprint density at radius 3 is 2.90 bits per heavy atom. The van der Waals surface area contributed by atoms with Crippen LogP contribution in [-0.4, -0.2) is 27.1 Å². The second-order valence-corrected chi connectivity index (χ2v) is 4.70. The maximum atomic E-state index is 10.9. The molecule has 3 rings (SSSR count). The average Bonchev–Trinajstić information content (AvgIpc) is 3.23. The van der Waals surface area contributed by atoms with E-state index >= 15 is 0 Å². The fraction of sp³-hybridized carbons (Fsp3) is 0.214. The number of benzene rings is 1. The summed E-state index contributed by atoms with van der Waals surface area (Å²) < 4.78 is 0. The van der Waals surface area contributed by atoms with Crippen molar-refractivity contribution in [1.82, 2.24) is 9.97 Å². The molecule has 2 aromatic rings. The van der Waals surface area contributed by atoms with Crippen LogP contribution in [0.3, 0.4) is 0 Å². The summed E-state index contributed by atoms with van der Waals surface area (Å²) in [7, 11) is 0. The summed E-state index contributed by atoms with van der Waals surface area (Å²) in [5, 5.41) is 15.3. The Morgan fingerprint density at radius 1 is 1.30 bits per heavy atom. The molecule has 0 bridgehead atoms. The molecule has 1 aromatic carbocycles. The molecule has 0 radical (unpaired) electrons. The Hall–Kier alpha value is -2.63. The molecule has 0 spiro atoms. The molecule has 0 aliphatic heterocycles. The molecule has 0 amide bonds. The van der Waals surface area contributed by atoms with E-state index in [0.29, 0.717) is 23.5 Å². The van der Waals surface area contributed by atoms with Crippen molar-refractivity contribution < 1.29 is 9.90 Å². The number of anilines is 3. The summed E-state index contributed by atoms with van der Waals surface area (Å²) in [5.41, 5.74) is 0.918. The van der Waals surface area contributed by atoms with Gasteiger partial charge in [-0.25, -0.2) is 9.78 Å². The molecule has 1 aliphatic rings. The fourth-order valence-corrected chi connectivity index (χ4v) is 1.79. The van der Waals surface area contributed by atoms with E-state index in [4.69, 9.17) is 5.11 Å². The van der Waals surface area contributed by atoms with E-state index in [9.17, 15) is 4.79 Å². The lowest BCUT2D eigenvalue weighted by Crippen LogP contribution is -2.06. The van der Waals surface area contributed by atoms with Gasteiger partial charge in [-0.15, -0.1) is 0 Å². The molecule has 0 atom stereocenters. The summed E-state index contributed by atoms with van der Waals surface area (Å²) in [6.45, 7) is 0. The number of carboxylic acid groups (broad SMARTS) is 1. The Labute approximate surface area is 115 Å². The van der Waals surface area contributed by atoms with Crippen LogP contribution >= 0.6 is 0 Å². The molecule has 6 heteroatoms. The molecular formula is C14H14N4O2. The smallest absolute Gasteiger partial charge is 0.335 e. The highest BCUT2D eigenvalue weighted by Crippen LogP contribution is 2.23. The third-order valence-corrected chi connectivity index (χ3v) is 2.95. The van der Waals surface area contributed by atoms with Crippen LogP contribution in [0.4, 0.5) is 17.5 Å². The van der Waals surface area contributed by atoms with E-state index in [1.165, 1.54) is 0 Å². The Bertz CT molecular complexity index is 641. The Morgan fingerprint density at radius 2 is 2.15 bits per heavy atom. The van der Waals surface area contributed by atoms with Crippen molar-refractivity contribution in [1.29, 1.82) is 0 Å². The number of aromatic carboxylic acids is 1. The molecule has 0 saturated heterocycles. The van der Waals surface area contributed by atoms with Gasteiger partial charge >= 0.3 is 5.97 Å². The van der Waals surface area contributed by atoms with Crippen molar-refractivity contribution in [3.8, 4) is 0 Å². The lowest BCUT2D eigenvalue weighted by atomic mass is 10.2. The molecule has 1 aromatic heterocycles. The van der Waals surface area contributed by atoms with E-state index in [0.717, 1.165) is 12.8 Å². The minimum absolute atomic E-state index is 0.236. The monoisotopic (exact) mass is 270 g/mol. The molecule has 1 aliphatic carbocycles. The van der Waals surface area contributed by atoms with Crippen molar-refractivity contribution in [2.24, 2.45) is 0 Å². The third-order valence-electron chi connectivity index (χ3n) is 2.95. The first-order valence-corrected chi connectivity index (χ1v) is 6.41. The summed E-state index contributed by atoms with van der Waals surface area (Å²) in [6.07, 6.45) is 3.98. The van der Waals surface area contributed by atoms with Crippen LogP contribution in [0, 0.1) is 0 Å². The lowest BCUT2D eigenvalue weighted by molar-refractivity contribution is 0.0697. The van der Waals surface area contributed by atoms with Crippen molar-refractivity contribution in [3.63, 3.8) is 0 Å². The first kappa shape index (κ1) is 12.4. The molecule has 6 nitrogen and oxygen atoms in total. The minimum Gasteiger partial charge on any atom is -0.478 e. The van der Waals surface area contributed by atoms with Crippen LogP contribution in [0.1, 0.15) is 23.2 Å². The molecule has 1 saturated carbocycles. The van der Waals surface area contributed by atoms with Crippen LogP contribution in [-0.2, 0) is 0 Å². The predicted molar refractivity (Wildman–Crippen MR) is 75.4 cm³/mol. The highest BCUT2D eigenvalue weighted by Gasteiger charge is 2.21. The van der Waals surface area contributed by atoms with Crippen molar-refractivity contribution in [2.75, 3.05) is 10.6 Å². The van der Waals surface area contributed by atoms with Gasteiger partial charge in [0.2, 0.25) is 5.95 Å². The maximum Gasteiger partial charge on any atom is 0.335 e. The number of carbonyl (C=O) groups is 1. The molecular weight excluding hydrogens is 256 g/mol. The predicted octanol–water partition coefficient (Wildman–Crippen LogP) is 2.49. The fourth-order valence-electron chi connectivity index (χ4n) is 1.79.